The SMILES string of the molecule is CC[C@H](C)[C@H](NC(=O)C(C)(C)N(C)C)C(=O)N(C)[C@H](C[C@@H](OC(C)=O)c1nc(C(=O)N[C@@H](Cc2ccc(OCc3ccccc3)c([N+](=O)[O-])c2)C[C@H](C)C(=O)OCc2ccccc2)cs1)C(C)C. The van der Waals surface area contributed by atoms with E-state index in [2.05, 4.69) is 15.6 Å². The van der Waals surface area contributed by atoms with Crippen molar-refractivity contribution < 1.29 is 43.1 Å². The molecule has 4 rings (SSSR count). The monoisotopic (exact) mass is 956 g/mol. The third-order valence-electron chi connectivity index (χ3n) is 12.4. The van der Waals surface area contributed by atoms with Crippen LogP contribution in [0.5, 0.6) is 5.75 Å². The van der Waals surface area contributed by atoms with Crippen molar-refractivity contribution in [1.82, 2.24) is 25.4 Å². The first-order chi connectivity index (χ1) is 32.1. The fourth-order valence-electron chi connectivity index (χ4n) is 7.44. The fourth-order valence-corrected chi connectivity index (χ4v) is 8.28. The minimum Gasteiger partial charge on any atom is -0.482 e. The number of thiazole rings is 1. The van der Waals surface area contributed by atoms with E-state index in [-0.39, 0.29) is 73.3 Å². The number of nitro groups is 1. The van der Waals surface area contributed by atoms with E-state index in [1.165, 1.54) is 19.1 Å². The number of aromatic nitrogens is 1. The standard InChI is InChI=1S/C51H68N6O10S/c1-12-33(4)45(54-50(62)51(7,8)55(9)10)48(60)56(11)41(32(2)3)28-44(67-35(6)58)47-53-40(31-68-47)46(59)52-39(25-34(5)49(61)66-30-37-21-17-14-18-22-37)26-38-23-24-43(42(27-38)57(63)64)65-29-36-19-15-13-16-20-36/h13-24,27,31-34,39,41,44-45H,12,25-26,28-30H2,1-11H3,(H,52,59)(H,54,62)/t33-,34-,39+,41+,44+,45-/m0/s1. The summed E-state index contributed by atoms with van der Waals surface area (Å²) in [6.45, 7) is 14.5. The van der Waals surface area contributed by atoms with Crippen LogP contribution >= 0.6 is 11.3 Å². The van der Waals surface area contributed by atoms with Crippen LogP contribution in [0, 0.1) is 27.9 Å². The topological polar surface area (TPSA) is 200 Å². The number of amides is 3. The Morgan fingerprint density at radius 2 is 1.47 bits per heavy atom. The van der Waals surface area contributed by atoms with Crippen LogP contribution in [0.25, 0.3) is 0 Å². The molecule has 0 radical (unpaired) electrons. The summed E-state index contributed by atoms with van der Waals surface area (Å²) in [4.78, 5) is 87.5. The summed E-state index contributed by atoms with van der Waals surface area (Å²) >= 11 is 1.12. The molecule has 0 aliphatic heterocycles. The van der Waals surface area contributed by atoms with Gasteiger partial charge in [-0.3, -0.25) is 39.0 Å². The van der Waals surface area contributed by atoms with Crippen LogP contribution in [0.1, 0.15) is 113 Å². The maximum absolute atomic E-state index is 14.3. The maximum Gasteiger partial charge on any atom is 0.311 e. The molecule has 1 aromatic heterocycles. The number of ether oxygens (including phenoxy) is 3. The van der Waals surface area contributed by atoms with Gasteiger partial charge in [-0.05, 0) is 75.4 Å². The third-order valence-corrected chi connectivity index (χ3v) is 13.3. The van der Waals surface area contributed by atoms with Crippen molar-refractivity contribution in [2.24, 2.45) is 17.8 Å². The van der Waals surface area contributed by atoms with Gasteiger partial charge in [0.1, 0.15) is 30.0 Å². The molecule has 0 aliphatic rings. The minimum atomic E-state index is -0.940. The van der Waals surface area contributed by atoms with Gasteiger partial charge in [0.2, 0.25) is 11.8 Å². The molecule has 0 saturated carbocycles. The predicted octanol–water partition coefficient (Wildman–Crippen LogP) is 8.09. The molecule has 3 amide bonds. The molecule has 0 fully saturated rings. The van der Waals surface area contributed by atoms with Crippen LogP contribution in [-0.2, 0) is 48.3 Å². The number of nitrogens with one attached hydrogen (secondary N) is 2. The summed E-state index contributed by atoms with van der Waals surface area (Å²) in [5.41, 5.74) is 1.06. The highest BCUT2D eigenvalue weighted by Crippen LogP contribution is 2.32. The molecule has 16 nitrogen and oxygen atoms in total. The van der Waals surface area contributed by atoms with Gasteiger partial charge < -0.3 is 29.7 Å². The maximum atomic E-state index is 14.3. The second-order valence-electron chi connectivity index (χ2n) is 18.4. The Labute approximate surface area is 404 Å². The summed E-state index contributed by atoms with van der Waals surface area (Å²) in [5.74, 6) is -3.14. The molecule has 6 atom stereocenters. The molecule has 4 aromatic rings. The quantitative estimate of drug-likeness (QED) is 0.0368. The molecule has 17 heteroatoms. The molecule has 2 N–H and O–H groups in total. The lowest BCUT2D eigenvalue weighted by Gasteiger charge is -2.38. The Hall–Kier alpha value is -6.20. The van der Waals surface area contributed by atoms with Gasteiger partial charge >= 0.3 is 17.6 Å². The smallest absolute Gasteiger partial charge is 0.311 e. The van der Waals surface area contributed by atoms with Crippen LogP contribution < -0.4 is 15.4 Å². The first-order valence-electron chi connectivity index (χ1n) is 23.0. The van der Waals surface area contributed by atoms with Crippen LogP contribution in [0.15, 0.2) is 84.2 Å². The second-order valence-corrected chi connectivity index (χ2v) is 19.3. The summed E-state index contributed by atoms with van der Waals surface area (Å²) in [7, 11) is 5.28. The van der Waals surface area contributed by atoms with Gasteiger partial charge in [0, 0.05) is 43.9 Å². The van der Waals surface area contributed by atoms with Gasteiger partial charge in [-0.25, -0.2) is 4.98 Å². The molecular weight excluding hydrogens is 889 g/mol. The zero-order chi connectivity index (χ0) is 50.3. The van der Waals surface area contributed by atoms with Crippen molar-refractivity contribution in [3.63, 3.8) is 0 Å². The summed E-state index contributed by atoms with van der Waals surface area (Å²) in [5, 5.41) is 20.1. The fraction of sp³-hybridized carbons (Fsp3) is 0.490. The molecule has 0 unspecified atom stereocenters. The van der Waals surface area contributed by atoms with Gasteiger partial charge in [-0.2, -0.15) is 0 Å². The number of hydrogen-bond acceptors (Lipinski definition) is 13. The Balaban J connectivity index is 1.59. The van der Waals surface area contributed by atoms with Crippen LogP contribution in [0.3, 0.4) is 0 Å². The summed E-state index contributed by atoms with van der Waals surface area (Å²) < 4.78 is 17.3. The first kappa shape index (κ1) is 54.4. The van der Waals surface area contributed by atoms with E-state index in [0.29, 0.717) is 17.0 Å². The molecule has 0 saturated heterocycles. The van der Waals surface area contributed by atoms with Gasteiger partial charge in [-0.15, -0.1) is 11.3 Å². The number of nitrogens with zero attached hydrogens (tertiary/aromatic N) is 4. The van der Waals surface area contributed by atoms with Gasteiger partial charge in [0.25, 0.3) is 5.91 Å². The molecule has 368 valence electrons. The molecule has 0 aliphatic carbocycles. The van der Waals surface area contributed by atoms with E-state index in [9.17, 15) is 34.1 Å². The molecule has 68 heavy (non-hydrogen) atoms. The molecule has 3 aromatic carbocycles. The van der Waals surface area contributed by atoms with E-state index < -0.39 is 58.5 Å². The Kier molecular flexibility index (Phi) is 20.2. The molecule has 0 spiro atoms. The Morgan fingerprint density at radius 1 is 0.853 bits per heavy atom. The normalized spacial score (nSPS) is 14.2. The number of nitro benzene ring substituents is 1. The largest absolute Gasteiger partial charge is 0.482 e. The number of carbonyl (C=O) groups excluding carboxylic acids is 5. The van der Waals surface area contributed by atoms with E-state index >= 15 is 0 Å². The highest BCUT2D eigenvalue weighted by molar-refractivity contribution is 7.09. The van der Waals surface area contributed by atoms with Gasteiger partial charge in [-0.1, -0.05) is 108 Å². The van der Waals surface area contributed by atoms with Crippen LogP contribution in [0.4, 0.5) is 5.69 Å². The number of rotatable bonds is 25. The van der Waals surface area contributed by atoms with Crippen LogP contribution in [0.2, 0.25) is 0 Å². The highest BCUT2D eigenvalue weighted by atomic mass is 32.1. The van der Waals surface area contributed by atoms with Crippen LogP contribution in [-0.4, -0.2) is 94.2 Å². The number of hydrogen-bond donors (Lipinski definition) is 2. The summed E-state index contributed by atoms with van der Waals surface area (Å²) in [6.07, 6.45) is 0.0646. The van der Waals surface area contributed by atoms with Crippen molar-refractivity contribution in [1.29, 1.82) is 0 Å². The zero-order valence-corrected chi connectivity index (χ0v) is 42.0. The molecular formula is C51H68N6O10S. The second kappa shape index (κ2) is 25.2. The average molecular weight is 957 g/mol. The predicted molar refractivity (Wildman–Crippen MR) is 261 cm³/mol. The lowest BCUT2D eigenvalue weighted by molar-refractivity contribution is -0.386. The average Bonchev–Trinajstić information content (AvgIpc) is 3.81. The van der Waals surface area contributed by atoms with Crippen molar-refractivity contribution in [3.05, 3.63) is 122 Å². The van der Waals surface area contributed by atoms with Crippen molar-refractivity contribution in [2.75, 3.05) is 21.1 Å². The first-order valence-corrected chi connectivity index (χ1v) is 23.8. The number of carbonyl (C=O) groups is 5. The summed E-state index contributed by atoms with van der Waals surface area (Å²) in [6, 6.07) is 21.1. The number of likely N-dealkylation sites (N-methyl/N-ethyl adjacent to an activating group) is 2. The number of esters is 2. The Bertz CT molecular complexity index is 2320. The van der Waals surface area contributed by atoms with Gasteiger partial charge in [0.05, 0.1) is 16.4 Å². The lowest BCUT2D eigenvalue weighted by Crippen LogP contribution is -2.60. The third kappa shape index (κ3) is 15.4. The van der Waals surface area contributed by atoms with E-state index in [0.717, 1.165) is 22.5 Å². The molecule has 1 heterocycles. The lowest BCUT2D eigenvalue weighted by atomic mass is 9.92. The number of benzene rings is 3. The molecule has 0 bridgehead atoms. The highest BCUT2D eigenvalue weighted by Gasteiger charge is 2.39. The van der Waals surface area contributed by atoms with Crippen molar-refractivity contribution in [3.8, 4) is 5.75 Å². The Morgan fingerprint density at radius 3 is 2.03 bits per heavy atom. The minimum absolute atomic E-state index is 0.0238. The van der Waals surface area contributed by atoms with Gasteiger partial charge in [0.15, 0.2) is 11.9 Å². The zero-order valence-electron chi connectivity index (χ0n) is 41.1. The van der Waals surface area contributed by atoms with Crippen molar-refractivity contribution >= 4 is 46.7 Å². The van der Waals surface area contributed by atoms with E-state index in [4.69, 9.17) is 14.2 Å². The van der Waals surface area contributed by atoms with Crippen molar-refractivity contribution in [2.45, 2.75) is 124 Å². The van der Waals surface area contributed by atoms with E-state index in [1.807, 2.05) is 88.4 Å². The van der Waals surface area contributed by atoms with E-state index in [1.54, 1.807) is 63.2 Å².